The zero-order chi connectivity index (χ0) is 11.6. The molecule has 16 heavy (non-hydrogen) atoms. The Morgan fingerprint density at radius 3 is 2.44 bits per heavy atom. The second-order valence-electron chi connectivity index (χ2n) is 6.07. The van der Waals surface area contributed by atoms with E-state index in [9.17, 15) is 0 Å². The van der Waals surface area contributed by atoms with E-state index in [0.717, 1.165) is 12.5 Å². The molecule has 1 aliphatic heterocycles. The smallest absolute Gasteiger partial charge is 0.0233 e. The summed E-state index contributed by atoms with van der Waals surface area (Å²) in [6.07, 6.45) is 1.36. The molecule has 1 aromatic rings. The number of rotatable bonds is 2. The van der Waals surface area contributed by atoms with Gasteiger partial charge >= 0.3 is 0 Å². The zero-order valence-electron chi connectivity index (χ0n) is 10.7. The summed E-state index contributed by atoms with van der Waals surface area (Å²) >= 11 is 0. The first-order chi connectivity index (χ1) is 7.55. The van der Waals surface area contributed by atoms with Crippen LogP contribution >= 0.6 is 0 Å². The third-order valence-electron chi connectivity index (χ3n) is 3.75. The van der Waals surface area contributed by atoms with Gasteiger partial charge in [-0.1, -0.05) is 51.1 Å². The van der Waals surface area contributed by atoms with Gasteiger partial charge in [0.15, 0.2) is 0 Å². The van der Waals surface area contributed by atoms with Crippen LogP contribution in [-0.4, -0.2) is 18.0 Å². The van der Waals surface area contributed by atoms with Gasteiger partial charge in [-0.05, 0) is 29.9 Å². The molecule has 1 fully saturated rings. The van der Waals surface area contributed by atoms with Crippen molar-refractivity contribution >= 4 is 0 Å². The zero-order valence-corrected chi connectivity index (χ0v) is 10.7. The van der Waals surface area contributed by atoms with Crippen molar-refractivity contribution in [2.24, 2.45) is 11.3 Å². The first-order valence-corrected chi connectivity index (χ1v) is 6.32. The quantitative estimate of drug-likeness (QED) is 0.732. The molecule has 0 amide bonds. The van der Waals surface area contributed by atoms with E-state index in [4.69, 9.17) is 0 Å². The lowest BCUT2D eigenvalue weighted by molar-refractivity contribution is 0.226. The van der Waals surface area contributed by atoms with Crippen LogP contribution in [0.15, 0.2) is 30.3 Å². The van der Waals surface area contributed by atoms with E-state index in [1.54, 1.807) is 0 Å². The molecule has 0 spiro atoms. The highest BCUT2D eigenvalue weighted by atomic mass is 15.1. The normalized spacial score (nSPS) is 22.6. The molecule has 1 saturated heterocycles. The van der Waals surface area contributed by atoms with Crippen LogP contribution in [0.5, 0.6) is 0 Å². The topological polar surface area (TPSA) is 3.24 Å². The molecule has 0 bridgehead atoms. The van der Waals surface area contributed by atoms with Crippen LogP contribution < -0.4 is 0 Å². The molecule has 0 N–H and O–H groups in total. The molecule has 1 heterocycles. The maximum absolute atomic E-state index is 2.59. The Hall–Kier alpha value is -0.820. The molecular formula is C15H23N. The third-order valence-corrected chi connectivity index (χ3v) is 3.75. The minimum Gasteiger partial charge on any atom is -0.299 e. The van der Waals surface area contributed by atoms with Crippen LogP contribution in [0.3, 0.4) is 0 Å². The summed E-state index contributed by atoms with van der Waals surface area (Å²) in [6, 6.07) is 10.8. The lowest BCUT2D eigenvalue weighted by atomic mass is 9.80. The van der Waals surface area contributed by atoms with Crippen molar-refractivity contribution in [1.29, 1.82) is 0 Å². The van der Waals surface area contributed by atoms with Gasteiger partial charge in [0, 0.05) is 13.1 Å². The number of likely N-dealkylation sites (tertiary alicyclic amines) is 1. The minimum atomic E-state index is 0.464. The monoisotopic (exact) mass is 217 g/mol. The highest BCUT2D eigenvalue weighted by Crippen LogP contribution is 2.33. The second kappa shape index (κ2) is 4.58. The van der Waals surface area contributed by atoms with E-state index in [1.807, 2.05) is 0 Å². The predicted molar refractivity (Wildman–Crippen MR) is 69.3 cm³/mol. The molecule has 1 heteroatoms. The summed E-state index contributed by atoms with van der Waals surface area (Å²) in [4.78, 5) is 2.59. The fraction of sp³-hybridized carbons (Fsp3) is 0.600. The highest BCUT2D eigenvalue weighted by molar-refractivity contribution is 5.14. The third kappa shape index (κ3) is 2.85. The van der Waals surface area contributed by atoms with E-state index in [-0.39, 0.29) is 0 Å². The van der Waals surface area contributed by atoms with E-state index >= 15 is 0 Å². The van der Waals surface area contributed by atoms with Crippen LogP contribution in [-0.2, 0) is 6.54 Å². The molecule has 88 valence electrons. The van der Waals surface area contributed by atoms with Gasteiger partial charge in [0.1, 0.15) is 0 Å². The van der Waals surface area contributed by atoms with E-state index < -0.39 is 0 Å². The Labute approximate surface area is 99.5 Å². The number of hydrogen-bond acceptors (Lipinski definition) is 1. The lowest BCUT2D eigenvalue weighted by Gasteiger charge is -2.27. The summed E-state index contributed by atoms with van der Waals surface area (Å²) in [5, 5.41) is 0. The molecule has 1 aliphatic rings. The van der Waals surface area contributed by atoms with Crippen LogP contribution in [0.4, 0.5) is 0 Å². The van der Waals surface area contributed by atoms with Crippen molar-refractivity contribution in [1.82, 2.24) is 4.90 Å². The van der Waals surface area contributed by atoms with Crippen molar-refractivity contribution < 1.29 is 0 Å². The summed E-state index contributed by atoms with van der Waals surface area (Å²) in [7, 11) is 0. The van der Waals surface area contributed by atoms with Crippen molar-refractivity contribution in [3.05, 3.63) is 35.9 Å². The Bertz CT molecular complexity index is 323. The average molecular weight is 217 g/mol. The van der Waals surface area contributed by atoms with Crippen molar-refractivity contribution in [2.75, 3.05) is 13.1 Å². The molecule has 0 aromatic heterocycles. The van der Waals surface area contributed by atoms with Gasteiger partial charge in [0.2, 0.25) is 0 Å². The molecule has 0 unspecified atom stereocenters. The summed E-state index contributed by atoms with van der Waals surface area (Å²) in [5.74, 6) is 0.858. The van der Waals surface area contributed by atoms with Crippen molar-refractivity contribution in [3.8, 4) is 0 Å². The van der Waals surface area contributed by atoms with Gasteiger partial charge in [-0.15, -0.1) is 0 Å². The molecule has 0 radical (unpaired) electrons. The standard InChI is InChI=1S/C15H23N/c1-15(2,3)14-9-10-16(12-14)11-13-7-5-4-6-8-13/h4-8,14H,9-12H2,1-3H3/t14-/m1/s1. The van der Waals surface area contributed by atoms with Gasteiger partial charge in [0.05, 0.1) is 0 Å². The van der Waals surface area contributed by atoms with Crippen molar-refractivity contribution in [2.45, 2.75) is 33.7 Å². The molecule has 0 aliphatic carbocycles. The van der Waals surface area contributed by atoms with E-state index in [2.05, 4.69) is 56.0 Å². The molecule has 1 atom stereocenters. The van der Waals surface area contributed by atoms with Crippen LogP contribution in [0.25, 0.3) is 0 Å². The lowest BCUT2D eigenvalue weighted by Crippen LogP contribution is -2.25. The summed E-state index contributed by atoms with van der Waals surface area (Å²) in [6.45, 7) is 10.7. The fourth-order valence-corrected chi connectivity index (χ4v) is 2.52. The van der Waals surface area contributed by atoms with Gasteiger partial charge in [-0.2, -0.15) is 0 Å². The Morgan fingerprint density at radius 2 is 1.88 bits per heavy atom. The van der Waals surface area contributed by atoms with Gasteiger partial charge < -0.3 is 0 Å². The minimum absolute atomic E-state index is 0.464. The summed E-state index contributed by atoms with van der Waals surface area (Å²) in [5.41, 5.74) is 1.91. The van der Waals surface area contributed by atoms with Crippen LogP contribution in [0.2, 0.25) is 0 Å². The Kier molecular flexibility index (Phi) is 3.34. The molecule has 0 saturated carbocycles. The molecular weight excluding hydrogens is 194 g/mol. The Morgan fingerprint density at radius 1 is 1.19 bits per heavy atom. The molecule has 1 aromatic carbocycles. The first-order valence-electron chi connectivity index (χ1n) is 6.32. The van der Waals surface area contributed by atoms with E-state index in [1.165, 1.54) is 25.1 Å². The van der Waals surface area contributed by atoms with Crippen LogP contribution in [0, 0.1) is 11.3 Å². The second-order valence-corrected chi connectivity index (χ2v) is 6.07. The number of nitrogens with zero attached hydrogens (tertiary/aromatic N) is 1. The van der Waals surface area contributed by atoms with Crippen LogP contribution in [0.1, 0.15) is 32.8 Å². The average Bonchev–Trinajstić information content (AvgIpc) is 2.67. The van der Waals surface area contributed by atoms with E-state index in [0.29, 0.717) is 5.41 Å². The maximum atomic E-state index is 2.59. The summed E-state index contributed by atoms with van der Waals surface area (Å²) < 4.78 is 0. The molecule has 1 nitrogen and oxygen atoms in total. The van der Waals surface area contributed by atoms with Gasteiger partial charge in [-0.3, -0.25) is 4.90 Å². The van der Waals surface area contributed by atoms with Gasteiger partial charge in [-0.25, -0.2) is 0 Å². The van der Waals surface area contributed by atoms with Gasteiger partial charge in [0.25, 0.3) is 0 Å². The van der Waals surface area contributed by atoms with Crippen molar-refractivity contribution in [3.63, 3.8) is 0 Å². The highest BCUT2D eigenvalue weighted by Gasteiger charge is 2.31. The SMILES string of the molecule is CC(C)(C)[C@@H]1CCN(Cc2ccccc2)C1. The fourth-order valence-electron chi connectivity index (χ4n) is 2.52. The maximum Gasteiger partial charge on any atom is 0.0233 e. The number of hydrogen-bond donors (Lipinski definition) is 0. The predicted octanol–water partition coefficient (Wildman–Crippen LogP) is 3.55. The first kappa shape index (κ1) is 11.7. The molecule has 2 rings (SSSR count). The Balaban J connectivity index is 1.91. The number of benzene rings is 1. The largest absolute Gasteiger partial charge is 0.299 e.